The number of ether oxygens (including phenoxy) is 1. The van der Waals surface area contributed by atoms with Crippen LogP contribution in [0.3, 0.4) is 0 Å². The quantitative estimate of drug-likeness (QED) is 0.468. The number of anilines is 2. The number of para-hydroxylation sites is 1. The third-order valence-corrected chi connectivity index (χ3v) is 2.25. The number of hydrogen-bond donors (Lipinski definition) is 2. The molecule has 0 fully saturated rings. The summed E-state index contributed by atoms with van der Waals surface area (Å²) in [6.45, 7) is 0. The maximum atomic E-state index is 11.8. The lowest BCUT2D eigenvalue weighted by Gasteiger charge is -2.06. The topological polar surface area (TPSA) is 78.3 Å². The second kappa shape index (κ2) is 4.57. The van der Waals surface area contributed by atoms with E-state index >= 15 is 0 Å². The van der Waals surface area contributed by atoms with Crippen LogP contribution in [0.4, 0.5) is 11.4 Å². The van der Waals surface area contributed by atoms with Gasteiger partial charge in [-0.05, 0) is 24.3 Å². The maximum absolute atomic E-state index is 11.8. The minimum Gasteiger partial charge on any atom is -0.423 e. The molecule has 0 aliphatic heterocycles. The molecule has 86 valence electrons. The van der Waals surface area contributed by atoms with Gasteiger partial charge in [-0.2, -0.15) is 0 Å². The standard InChI is InChI=1S/C13H12N2O2/c14-9-4-3-5-10(8-9)17-13(16)11-6-1-2-7-12(11)15/h1-8H,14-15H2. The van der Waals surface area contributed by atoms with E-state index in [4.69, 9.17) is 16.2 Å². The van der Waals surface area contributed by atoms with E-state index in [1.165, 1.54) is 0 Å². The fourth-order valence-electron chi connectivity index (χ4n) is 1.42. The van der Waals surface area contributed by atoms with Gasteiger partial charge in [0.25, 0.3) is 0 Å². The average molecular weight is 228 g/mol. The number of esters is 1. The smallest absolute Gasteiger partial charge is 0.345 e. The van der Waals surface area contributed by atoms with Gasteiger partial charge < -0.3 is 16.2 Å². The predicted octanol–water partition coefficient (Wildman–Crippen LogP) is 2.07. The van der Waals surface area contributed by atoms with Crippen LogP contribution >= 0.6 is 0 Å². The van der Waals surface area contributed by atoms with E-state index in [0.717, 1.165) is 0 Å². The molecule has 2 aromatic rings. The van der Waals surface area contributed by atoms with Crippen LogP contribution in [-0.2, 0) is 0 Å². The number of carbonyl (C=O) groups is 1. The largest absolute Gasteiger partial charge is 0.423 e. The number of nitrogens with two attached hydrogens (primary N) is 2. The van der Waals surface area contributed by atoms with Gasteiger partial charge in [-0.1, -0.05) is 18.2 Å². The summed E-state index contributed by atoms with van der Waals surface area (Å²) in [6.07, 6.45) is 0. The van der Waals surface area contributed by atoms with Gasteiger partial charge in [0.05, 0.1) is 5.56 Å². The van der Waals surface area contributed by atoms with E-state index < -0.39 is 5.97 Å². The molecule has 0 bridgehead atoms. The lowest BCUT2D eigenvalue weighted by molar-refractivity contribution is 0.0736. The van der Waals surface area contributed by atoms with Gasteiger partial charge in [0.15, 0.2) is 0 Å². The summed E-state index contributed by atoms with van der Waals surface area (Å²) >= 11 is 0. The zero-order valence-electron chi connectivity index (χ0n) is 9.09. The van der Waals surface area contributed by atoms with Crippen LogP contribution < -0.4 is 16.2 Å². The third-order valence-electron chi connectivity index (χ3n) is 2.25. The predicted molar refractivity (Wildman–Crippen MR) is 66.7 cm³/mol. The lowest BCUT2D eigenvalue weighted by atomic mass is 10.2. The molecule has 0 unspecified atom stereocenters. The Morgan fingerprint density at radius 1 is 1.00 bits per heavy atom. The first-order valence-corrected chi connectivity index (χ1v) is 5.09. The van der Waals surface area contributed by atoms with Crippen LogP contribution in [0.25, 0.3) is 0 Å². The number of carbonyl (C=O) groups excluding carboxylic acids is 1. The second-order valence-electron chi connectivity index (χ2n) is 3.55. The van der Waals surface area contributed by atoms with Crippen molar-refractivity contribution < 1.29 is 9.53 Å². The van der Waals surface area contributed by atoms with Crippen molar-refractivity contribution in [2.45, 2.75) is 0 Å². The molecule has 17 heavy (non-hydrogen) atoms. The third kappa shape index (κ3) is 2.55. The molecule has 0 aliphatic rings. The first kappa shape index (κ1) is 11.0. The first-order chi connectivity index (χ1) is 8.16. The van der Waals surface area contributed by atoms with E-state index in [0.29, 0.717) is 22.7 Å². The van der Waals surface area contributed by atoms with Crippen LogP contribution in [0.2, 0.25) is 0 Å². The van der Waals surface area contributed by atoms with Crippen LogP contribution in [0.15, 0.2) is 48.5 Å². The molecule has 0 aliphatic carbocycles. The van der Waals surface area contributed by atoms with Gasteiger partial charge >= 0.3 is 5.97 Å². The molecule has 0 amide bonds. The molecule has 0 saturated carbocycles. The van der Waals surface area contributed by atoms with E-state index in [2.05, 4.69) is 0 Å². The van der Waals surface area contributed by atoms with Crippen molar-refractivity contribution >= 4 is 17.3 Å². The first-order valence-electron chi connectivity index (χ1n) is 5.09. The Labute approximate surface area is 98.8 Å². The molecule has 4 nitrogen and oxygen atoms in total. The Morgan fingerprint density at radius 2 is 1.76 bits per heavy atom. The highest BCUT2D eigenvalue weighted by molar-refractivity contribution is 5.96. The van der Waals surface area contributed by atoms with Crippen molar-refractivity contribution in [3.8, 4) is 5.75 Å². The van der Waals surface area contributed by atoms with Crippen molar-refractivity contribution in [1.82, 2.24) is 0 Å². The molecule has 2 aromatic carbocycles. The number of hydrogen-bond acceptors (Lipinski definition) is 4. The fraction of sp³-hybridized carbons (Fsp3) is 0. The van der Waals surface area contributed by atoms with Crippen molar-refractivity contribution in [2.24, 2.45) is 0 Å². The van der Waals surface area contributed by atoms with Crippen molar-refractivity contribution in [2.75, 3.05) is 11.5 Å². The molecule has 0 spiro atoms. The summed E-state index contributed by atoms with van der Waals surface area (Å²) in [7, 11) is 0. The van der Waals surface area contributed by atoms with Gasteiger partial charge in [-0.25, -0.2) is 4.79 Å². The van der Waals surface area contributed by atoms with Crippen LogP contribution in [0.5, 0.6) is 5.75 Å². The molecule has 4 heteroatoms. The van der Waals surface area contributed by atoms with Gasteiger partial charge in [-0.15, -0.1) is 0 Å². The highest BCUT2D eigenvalue weighted by atomic mass is 16.5. The molecular formula is C13H12N2O2. The molecule has 0 radical (unpaired) electrons. The Balaban J connectivity index is 2.20. The van der Waals surface area contributed by atoms with Gasteiger partial charge in [-0.3, -0.25) is 0 Å². The van der Waals surface area contributed by atoms with Gasteiger partial charge in [0.2, 0.25) is 0 Å². The van der Waals surface area contributed by atoms with E-state index in [-0.39, 0.29) is 0 Å². The SMILES string of the molecule is Nc1cccc(OC(=O)c2ccccc2N)c1. The summed E-state index contributed by atoms with van der Waals surface area (Å²) in [5.74, 6) is -0.0908. The highest BCUT2D eigenvalue weighted by Gasteiger charge is 2.11. The van der Waals surface area contributed by atoms with Crippen molar-refractivity contribution in [3.05, 3.63) is 54.1 Å². The maximum Gasteiger partial charge on any atom is 0.345 e. The fourth-order valence-corrected chi connectivity index (χ4v) is 1.42. The van der Waals surface area contributed by atoms with Crippen LogP contribution in [-0.4, -0.2) is 5.97 Å². The Hall–Kier alpha value is -2.49. The minimum absolute atomic E-state index is 0.343. The van der Waals surface area contributed by atoms with Crippen LogP contribution in [0, 0.1) is 0 Å². The van der Waals surface area contributed by atoms with Crippen molar-refractivity contribution in [1.29, 1.82) is 0 Å². The Morgan fingerprint density at radius 3 is 2.47 bits per heavy atom. The summed E-state index contributed by atoms with van der Waals surface area (Å²) in [5.41, 5.74) is 12.5. The zero-order chi connectivity index (χ0) is 12.3. The van der Waals surface area contributed by atoms with E-state index in [9.17, 15) is 4.79 Å². The summed E-state index contributed by atoms with van der Waals surface area (Å²) in [4.78, 5) is 11.8. The van der Waals surface area contributed by atoms with Crippen molar-refractivity contribution in [3.63, 3.8) is 0 Å². The molecule has 2 rings (SSSR count). The highest BCUT2D eigenvalue weighted by Crippen LogP contribution is 2.18. The Kier molecular flexibility index (Phi) is 2.96. The van der Waals surface area contributed by atoms with Gasteiger partial charge in [0.1, 0.15) is 5.75 Å². The van der Waals surface area contributed by atoms with Crippen LogP contribution in [0.1, 0.15) is 10.4 Å². The lowest BCUT2D eigenvalue weighted by Crippen LogP contribution is -2.11. The average Bonchev–Trinajstić information content (AvgIpc) is 2.29. The van der Waals surface area contributed by atoms with E-state index in [1.807, 2.05) is 0 Å². The molecule has 0 saturated heterocycles. The normalized spacial score (nSPS) is 9.88. The molecule has 0 heterocycles. The number of nitrogen functional groups attached to an aromatic ring is 2. The summed E-state index contributed by atoms with van der Waals surface area (Å²) in [5, 5.41) is 0. The monoisotopic (exact) mass is 228 g/mol. The zero-order valence-corrected chi connectivity index (χ0v) is 9.09. The second-order valence-corrected chi connectivity index (χ2v) is 3.55. The van der Waals surface area contributed by atoms with Gasteiger partial charge in [0, 0.05) is 17.4 Å². The molecule has 4 N–H and O–H groups in total. The Bertz CT molecular complexity index is 553. The molecular weight excluding hydrogens is 216 g/mol. The van der Waals surface area contributed by atoms with E-state index in [1.54, 1.807) is 48.5 Å². The molecule has 0 aromatic heterocycles. The minimum atomic E-state index is -0.492. The summed E-state index contributed by atoms with van der Waals surface area (Å²) < 4.78 is 5.16. The molecule has 0 atom stereocenters. The number of rotatable bonds is 2. The number of benzene rings is 2. The summed E-state index contributed by atoms with van der Waals surface area (Å²) in [6, 6.07) is 13.4.